The highest BCUT2D eigenvalue weighted by molar-refractivity contribution is 6.35. The lowest BCUT2D eigenvalue weighted by Gasteiger charge is -2.32. The van der Waals surface area contributed by atoms with Gasteiger partial charge in [-0.05, 0) is 55.2 Å². The molecule has 0 saturated carbocycles. The third-order valence-electron chi connectivity index (χ3n) is 5.82. The molecular weight excluding hydrogens is 467 g/mol. The van der Waals surface area contributed by atoms with Crippen LogP contribution in [0.4, 0.5) is 0 Å². The topological polar surface area (TPSA) is 49.4 Å². The van der Waals surface area contributed by atoms with Crippen molar-refractivity contribution in [2.45, 2.75) is 46.2 Å². The van der Waals surface area contributed by atoms with Crippen LogP contribution in [-0.2, 0) is 29.0 Å². The largest absolute Gasteiger partial charge is 0.355 e. The van der Waals surface area contributed by atoms with E-state index in [4.69, 9.17) is 23.2 Å². The van der Waals surface area contributed by atoms with Crippen LogP contribution in [0.5, 0.6) is 0 Å². The van der Waals surface area contributed by atoms with Crippen molar-refractivity contribution in [2.24, 2.45) is 0 Å². The summed E-state index contributed by atoms with van der Waals surface area (Å²) in [6, 6.07) is 20.3. The van der Waals surface area contributed by atoms with Crippen molar-refractivity contribution in [1.82, 2.24) is 10.2 Å². The van der Waals surface area contributed by atoms with Gasteiger partial charge < -0.3 is 10.2 Å². The molecule has 3 aromatic rings. The molecule has 34 heavy (non-hydrogen) atoms. The Kier molecular flexibility index (Phi) is 9.14. The molecule has 3 rings (SSSR count). The second-order valence-corrected chi connectivity index (χ2v) is 9.31. The number of nitrogens with zero attached hydrogens (tertiary/aromatic N) is 1. The zero-order chi connectivity index (χ0) is 24.7. The minimum absolute atomic E-state index is 0.132. The SMILES string of the molecule is CCNC(=O)[C@@H](Cc1ccccc1)N(Cc1ccc(Cl)cc1Cl)C(=O)Cc1cc(C)ccc1C. The van der Waals surface area contributed by atoms with Gasteiger partial charge in [-0.25, -0.2) is 0 Å². The molecule has 0 fully saturated rings. The Morgan fingerprint density at radius 1 is 0.941 bits per heavy atom. The fourth-order valence-corrected chi connectivity index (χ4v) is 4.40. The average molecular weight is 497 g/mol. The number of hydrogen-bond donors (Lipinski definition) is 1. The number of amides is 2. The lowest BCUT2D eigenvalue weighted by Crippen LogP contribution is -2.51. The number of rotatable bonds is 9. The van der Waals surface area contributed by atoms with Gasteiger partial charge in [-0.15, -0.1) is 0 Å². The minimum Gasteiger partial charge on any atom is -0.355 e. The lowest BCUT2D eigenvalue weighted by atomic mass is 9.99. The molecule has 0 aliphatic carbocycles. The van der Waals surface area contributed by atoms with Crippen molar-refractivity contribution in [3.05, 3.63) is 105 Å². The summed E-state index contributed by atoms with van der Waals surface area (Å²) in [5.74, 6) is -0.322. The lowest BCUT2D eigenvalue weighted by molar-refractivity contribution is -0.140. The maximum atomic E-state index is 13.8. The molecule has 4 nitrogen and oxygen atoms in total. The van der Waals surface area contributed by atoms with E-state index in [-0.39, 0.29) is 24.8 Å². The van der Waals surface area contributed by atoms with Crippen molar-refractivity contribution in [1.29, 1.82) is 0 Å². The third-order valence-corrected chi connectivity index (χ3v) is 6.41. The summed E-state index contributed by atoms with van der Waals surface area (Å²) in [5.41, 5.74) is 4.80. The van der Waals surface area contributed by atoms with Crippen LogP contribution in [0, 0.1) is 13.8 Å². The number of nitrogens with one attached hydrogen (secondary N) is 1. The second-order valence-electron chi connectivity index (χ2n) is 8.46. The number of carbonyl (C=O) groups excluding carboxylic acids is 2. The van der Waals surface area contributed by atoms with Crippen LogP contribution in [-0.4, -0.2) is 29.3 Å². The maximum Gasteiger partial charge on any atom is 0.243 e. The molecule has 0 aliphatic heterocycles. The van der Waals surface area contributed by atoms with E-state index in [0.717, 1.165) is 27.8 Å². The van der Waals surface area contributed by atoms with Crippen molar-refractivity contribution >= 4 is 35.0 Å². The van der Waals surface area contributed by atoms with Gasteiger partial charge in [0.1, 0.15) is 6.04 Å². The highest BCUT2D eigenvalue weighted by Gasteiger charge is 2.30. The van der Waals surface area contributed by atoms with Crippen molar-refractivity contribution in [3.63, 3.8) is 0 Å². The maximum absolute atomic E-state index is 13.8. The molecule has 0 radical (unpaired) electrons. The molecule has 1 atom stereocenters. The Bertz CT molecular complexity index is 1150. The summed E-state index contributed by atoms with van der Waals surface area (Å²) in [6.45, 7) is 6.55. The molecular formula is C28H30Cl2N2O2. The Morgan fingerprint density at radius 3 is 2.35 bits per heavy atom. The number of halogens is 2. The first-order valence-corrected chi connectivity index (χ1v) is 12.1. The van der Waals surface area contributed by atoms with Gasteiger partial charge in [0.2, 0.25) is 11.8 Å². The molecule has 0 saturated heterocycles. The number of carbonyl (C=O) groups is 2. The quantitative estimate of drug-likeness (QED) is 0.399. The summed E-state index contributed by atoms with van der Waals surface area (Å²) >= 11 is 12.6. The summed E-state index contributed by atoms with van der Waals surface area (Å²) in [7, 11) is 0. The van der Waals surface area contributed by atoms with Crippen molar-refractivity contribution in [2.75, 3.05) is 6.54 Å². The number of benzene rings is 3. The van der Waals surface area contributed by atoms with E-state index in [9.17, 15) is 9.59 Å². The van der Waals surface area contributed by atoms with Crippen LogP contribution in [0.15, 0.2) is 66.7 Å². The van der Waals surface area contributed by atoms with E-state index in [0.29, 0.717) is 23.0 Å². The third kappa shape index (κ3) is 6.85. The molecule has 1 N–H and O–H groups in total. The second kappa shape index (κ2) is 12.0. The first kappa shape index (κ1) is 25.8. The molecule has 0 aliphatic rings. The van der Waals surface area contributed by atoms with Crippen LogP contribution in [0.1, 0.15) is 34.7 Å². The van der Waals surface area contributed by atoms with Crippen LogP contribution in [0.3, 0.4) is 0 Å². The Morgan fingerprint density at radius 2 is 1.68 bits per heavy atom. The fourth-order valence-electron chi connectivity index (χ4n) is 3.93. The van der Waals surface area contributed by atoms with E-state index in [1.807, 2.05) is 69.3 Å². The molecule has 3 aromatic carbocycles. The molecule has 0 spiro atoms. The van der Waals surface area contributed by atoms with Crippen LogP contribution < -0.4 is 5.32 Å². The van der Waals surface area contributed by atoms with Gasteiger partial charge in [0, 0.05) is 29.6 Å². The normalized spacial score (nSPS) is 11.7. The van der Waals surface area contributed by atoms with Gasteiger partial charge in [0.05, 0.1) is 6.42 Å². The van der Waals surface area contributed by atoms with Crippen LogP contribution in [0.2, 0.25) is 10.0 Å². The van der Waals surface area contributed by atoms with E-state index in [2.05, 4.69) is 5.32 Å². The summed E-state index contributed by atoms with van der Waals surface area (Å²) in [6.07, 6.45) is 0.597. The molecule has 0 bridgehead atoms. The van der Waals surface area contributed by atoms with Crippen LogP contribution >= 0.6 is 23.2 Å². The molecule has 6 heteroatoms. The highest BCUT2D eigenvalue weighted by atomic mass is 35.5. The van der Waals surface area contributed by atoms with Gasteiger partial charge >= 0.3 is 0 Å². The van der Waals surface area contributed by atoms with Crippen molar-refractivity contribution in [3.8, 4) is 0 Å². The Labute approximate surface area is 211 Å². The predicted molar refractivity (Wildman–Crippen MR) is 139 cm³/mol. The Balaban J connectivity index is 2.01. The van der Waals surface area contributed by atoms with Crippen LogP contribution in [0.25, 0.3) is 0 Å². The van der Waals surface area contributed by atoms with E-state index >= 15 is 0 Å². The van der Waals surface area contributed by atoms with Gasteiger partial charge in [-0.1, -0.05) is 83.4 Å². The van der Waals surface area contributed by atoms with Crippen molar-refractivity contribution < 1.29 is 9.59 Å². The molecule has 0 aromatic heterocycles. The molecule has 0 heterocycles. The zero-order valence-electron chi connectivity index (χ0n) is 19.8. The highest BCUT2D eigenvalue weighted by Crippen LogP contribution is 2.25. The monoisotopic (exact) mass is 496 g/mol. The molecule has 178 valence electrons. The van der Waals surface area contributed by atoms with E-state index in [1.54, 1.807) is 23.1 Å². The first-order chi connectivity index (χ1) is 16.3. The first-order valence-electron chi connectivity index (χ1n) is 11.4. The standard InChI is InChI=1S/C28H30Cl2N2O2/c1-4-31-28(34)26(15-21-8-6-5-7-9-21)32(18-22-12-13-24(29)17-25(22)30)27(33)16-23-14-19(2)10-11-20(23)3/h5-14,17,26H,4,15-16,18H2,1-3H3,(H,31,34)/t26-/m1/s1. The summed E-state index contributed by atoms with van der Waals surface area (Å²) in [5, 5.41) is 3.89. The summed E-state index contributed by atoms with van der Waals surface area (Å²) < 4.78 is 0. The molecule has 0 unspecified atom stereocenters. The molecule has 2 amide bonds. The number of likely N-dealkylation sites (N-methyl/N-ethyl adjacent to an activating group) is 1. The number of hydrogen-bond acceptors (Lipinski definition) is 2. The zero-order valence-corrected chi connectivity index (χ0v) is 21.3. The smallest absolute Gasteiger partial charge is 0.243 e. The average Bonchev–Trinajstić information content (AvgIpc) is 2.80. The number of aryl methyl sites for hydroxylation is 2. The van der Waals surface area contributed by atoms with Gasteiger partial charge in [0.15, 0.2) is 0 Å². The van der Waals surface area contributed by atoms with E-state index in [1.165, 1.54) is 0 Å². The fraction of sp³-hybridized carbons (Fsp3) is 0.286. The summed E-state index contributed by atoms with van der Waals surface area (Å²) in [4.78, 5) is 28.7. The van der Waals surface area contributed by atoms with Gasteiger partial charge in [-0.2, -0.15) is 0 Å². The minimum atomic E-state index is -0.688. The van der Waals surface area contributed by atoms with Gasteiger partial charge in [-0.3, -0.25) is 9.59 Å². The van der Waals surface area contributed by atoms with E-state index < -0.39 is 6.04 Å². The van der Waals surface area contributed by atoms with Gasteiger partial charge in [0.25, 0.3) is 0 Å². The predicted octanol–water partition coefficient (Wildman–Crippen LogP) is 5.93. The Hall–Kier alpha value is -2.82.